The van der Waals surface area contributed by atoms with Crippen LogP contribution in [-0.4, -0.2) is 23.5 Å². The average Bonchev–Trinajstić information content (AvgIpc) is 2.26. The second kappa shape index (κ2) is 5.24. The van der Waals surface area contributed by atoms with Crippen molar-refractivity contribution in [3.63, 3.8) is 0 Å². The first kappa shape index (κ1) is 11.4. The van der Waals surface area contributed by atoms with Gasteiger partial charge in [0.05, 0.1) is 18.5 Å². The van der Waals surface area contributed by atoms with E-state index in [1.54, 1.807) is 13.2 Å². The van der Waals surface area contributed by atoms with Crippen LogP contribution in [0.15, 0.2) is 28.4 Å². The van der Waals surface area contributed by atoms with Gasteiger partial charge in [0, 0.05) is 11.8 Å². The molecule has 0 fully saturated rings. The predicted octanol–water partition coefficient (Wildman–Crippen LogP) is 2.29. The first-order chi connectivity index (χ1) is 7.13. The maximum absolute atomic E-state index is 5.03. The number of rotatable bonds is 3. The maximum atomic E-state index is 5.03. The summed E-state index contributed by atoms with van der Waals surface area (Å²) < 4.78 is 5.03. The minimum absolute atomic E-state index is 0.583. The lowest BCUT2D eigenvalue weighted by molar-refractivity contribution is 0.397. The van der Waals surface area contributed by atoms with Crippen molar-refractivity contribution in [3.8, 4) is 5.88 Å². The Bertz CT molecular complexity index is 393. The van der Waals surface area contributed by atoms with Crippen LogP contribution >= 0.6 is 0 Å². The molecular formula is C11H15N3O. The Morgan fingerprint density at radius 3 is 2.53 bits per heavy atom. The molecule has 0 bridgehead atoms. The molecule has 4 nitrogen and oxygen atoms in total. The fourth-order valence-electron chi connectivity index (χ4n) is 0.956. The van der Waals surface area contributed by atoms with E-state index in [2.05, 4.69) is 15.2 Å². The number of aromatic nitrogens is 1. The Kier molecular flexibility index (Phi) is 3.97. The van der Waals surface area contributed by atoms with Gasteiger partial charge in [-0.1, -0.05) is 6.07 Å². The molecule has 80 valence electrons. The van der Waals surface area contributed by atoms with Crippen molar-refractivity contribution >= 4 is 11.4 Å². The molecule has 0 aliphatic rings. The summed E-state index contributed by atoms with van der Waals surface area (Å²) in [6.07, 6.45) is 0. The largest absolute Gasteiger partial charge is 0.481 e. The zero-order chi connectivity index (χ0) is 11.3. The summed E-state index contributed by atoms with van der Waals surface area (Å²) in [4.78, 5) is 4.25. The molecule has 0 spiro atoms. The van der Waals surface area contributed by atoms with E-state index in [-0.39, 0.29) is 0 Å². The van der Waals surface area contributed by atoms with Gasteiger partial charge >= 0.3 is 0 Å². The molecule has 1 aromatic heterocycles. The van der Waals surface area contributed by atoms with Crippen LogP contribution in [0.3, 0.4) is 0 Å². The van der Waals surface area contributed by atoms with E-state index in [4.69, 9.17) is 4.74 Å². The Hall–Kier alpha value is -1.71. The summed E-state index contributed by atoms with van der Waals surface area (Å²) in [6.45, 7) is 5.67. The Labute approximate surface area is 89.7 Å². The highest BCUT2D eigenvalue weighted by atomic mass is 16.5. The third kappa shape index (κ3) is 3.50. The third-order valence-electron chi connectivity index (χ3n) is 1.70. The SMILES string of the molecule is COc1cccc(/C(C)=N/N=C(C)C)n1. The molecule has 0 amide bonds. The zero-order valence-corrected chi connectivity index (χ0v) is 9.48. The van der Waals surface area contributed by atoms with Crippen LogP contribution in [0.5, 0.6) is 5.88 Å². The molecule has 0 atom stereocenters. The number of hydrogen-bond acceptors (Lipinski definition) is 4. The van der Waals surface area contributed by atoms with Crippen molar-refractivity contribution in [2.75, 3.05) is 7.11 Å². The van der Waals surface area contributed by atoms with Gasteiger partial charge in [-0.2, -0.15) is 10.2 Å². The van der Waals surface area contributed by atoms with Crippen LogP contribution < -0.4 is 4.74 Å². The summed E-state index contributed by atoms with van der Waals surface area (Å²) in [6, 6.07) is 5.55. The lowest BCUT2D eigenvalue weighted by atomic mass is 10.2. The topological polar surface area (TPSA) is 46.8 Å². The highest BCUT2D eigenvalue weighted by Crippen LogP contribution is 2.07. The molecule has 0 N–H and O–H groups in total. The predicted molar refractivity (Wildman–Crippen MR) is 61.8 cm³/mol. The van der Waals surface area contributed by atoms with Crippen molar-refractivity contribution in [2.24, 2.45) is 10.2 Å². The first-order valence-corrected chi connectivity index (χ1v) is 4.70. The van der Waals surface area contributed by atoms with Gasteiger partial charge in [0.1, 0.15) is 0 Å². The normalized spacial score (nSPS) is 11.1. The van der Waals surface area contributed by atoms with Crippen LogP contribution in [0.25, 0.3) is 0 Å². The van der Waals surface area contributed by atoms with Crippen LogP contribution in [0.2, 0.25) is 0 Å². The molecule has 4 heteroatoms. The summed E-state index contributed by atoms with van der Waals surface area (Å²) in [7, 11) is 1.59. The van der Waals surface area contributed by atoms with Crippen LogP contribution in [0.1, 0.15) is 26.5 Å². The smallest absolute Gasteiger partial charge is 0.213 e. The zero-order valence-electron chi connectivity index (χ0n) is 9.48. The van der Waals surface area contributed by atoms with Gasteiger partial charge < -0.3 is 4.74 Å². The molecule has 0 radical (unpaired) electrons. The number of ether oxygens (including phenoxy) is 1. The van der Waals surface area contributed by atoms with Crippen LogP contribution in [-0.2, 0) is 0 Å². The highest BCUT2D eigenvalue weighted by molar-refractivity contribution is 5.97. The summed E-state index contributed by atoms with van der Waals surface area (Å²) in [5.41, 5.74) is 2.46. The van der Waals surface area contributed by atoms with Crippen LogP contribution in [0.4, 0.5) is 0 Å². The summed E-state index contributed by atoms with van der Waals surface area (Å²) >= 11 is 0. The van der Waals surface area contributed by atoms with Crippen molar-refractivity contribution in [2.45, 2.75) is 20.8 Å². The van der Waals surface area contributed by atoms with Crippen molar-refractivity contribution in [1.82, 2.24) is 4.98 Å². The minimum Gasteiger partial charge on any atom is -0.481 e. The molecule has 0 aliphatic carbocycles. The second-order valence-electron chi connectivity index (χ2n) is 3.30. The fourth-order valence-corrected chi connectivity index (χ4v) is 0.956. The van der Waals surface area contributed by atoms with E-state index in [1.165, 1.54) is 0 Å². The molecule has 1 rings (SSSR count). The standard InChI is InChI=1S/C11H15N3O/c1-8(2)13-14-9(3)10-6-5-7-11(12-10)15-4/h5-7H,1-4H3/b14-9+. The maximum Gasteiger partial charge on any atom is 0.213 e. The number of nitrogens with zero attached hydrogens (tertiary/aromatic N) is 3. The molecule has 0 saturated carbocycles. The quantitative estimate of drug-likeness (QED) is 0.561. The molecule has 0 aromatic carbocycles. The number of hydrogen-bond donors (Lipinski definition) is 0. The molecule has 0 unspecified atom stereocenters. The monoisotopic (exact) mass is 205 g/mol. The van der Waals surface area contributed by atoms with E-state index in [1.807, 2.05) is 32.9 Å². The van der Waals surface area contributed by atoms with Gasteiger partial charge in [-0.3, -0.25) is 0 Å². The van der Waals surface area contributed by atoms with E-state index in [0.29, 0.717) is 5.88 Å². The molecule has 15 heavy (non-hydrogen) atoms. The first-order valence-electron chi connectivity index (χ1n) is 4.70. The third-order valence-corrected chi connectivity index (χ3v) is 1.70. The van der Waals surface area contributed by atoms with E-state index in [0.717, 1.165) is 17.1 Å². The number of pyridine rings is 1. The van der Waals surface area contributed by atoms with Gasteiger partial charge in [-0.15, -0.1) is 0 Å². The summed E-state index contributed by atoms with van der Waals surface area (Å²) in [5.74, 6) is 0.583. The Morgan fingerprint density at radius 2 is 1.93 bits per heavy atom. The van der Waals surface area contributed by atoms with Crippen molar-refractivity contribution in [1.29, 1.82) is 0 Å². The van der Waals surface area contributed by atoms with Gasteiger partial charge in [-0.25, -0.2) is 4.98 Å². The molecule has 0 aliphatic heterocycles. The van der Waals surface area contributed by atoms with E-state index < -0.39 is 0 Å². The number of methoxy groups -OCH3 is 1. The van der Waals surface area contributed by atoms with Crippen LogP contribution in [0, 0.1) is 0 Å². The molecule has 0 saturated heterocycles. The Morgan fingerprint density at radius 1 is 1.20 bits per heavy atom. The van der Waals surface area contributed by atoms with E-state index >= 15 is 0 Å². The highest BCUT2D eigenvalue weighted by Gasteiger charge is 2.00. The van der Waals surface area contributed by atoms with Crippen molar-refractivity contribution < 1.29 is 4.74 Å². The molecule has 1 aromatic rings. The lowest BCUT2D eigenvalue weighted by Crippen LogP contribution is -1.99. The van der Waals surface area contributed by atoms with Gasteiger partial charge in [0.25, 0.3) is 0 Å². The van der Waals surface area contributed by atoms with Gasteiger partial charge in [0.15, 0.2) is 0 Å². The fraction of sp³-hybridized carbons (Fsp3) is 0.364. The van der Waals surface area contributed by atoms with Crippen molar-refractivity contribution in [3.05, 3.63) is 23.9 Å². The molecular weight excluding hydrogens is 190 g/mol. The minimum atomic E-state index is 0.583. The van der Waals surface area contributed by atoms with E-state index in [9.17, 15) is 0 Å². The second-order valence-corrected chi connectivity index (χ2v) is 3.30. The average molecular weight is 205 g/mol. The summed E-state index contributed by atoms with van der Waals surface area (Å²) in [5, 5.41) is 8.04. The molecule has 1 heterocycles. The van der Waals surface area contributed by atoms with Gasteiger partial charge in [-0.05, 0) is 26.8 Å². The van der Waals surface area contributed by atoms with Gasteiger partial charge in [0.2, 0.25) is 5.88 Å². The lowest BCUT2D eigenvalue weighted by Gasteiger charge is -2.01. The Balaban J connectivity index is 2.95.